The molecule has 0 aromatic carbocycles. The van der Waals surface area contributed by atoms with Gasteiger partial charge in [0.05, 0.1) is 0 Å². The first kappa shape index (κ1) is 9.58. The maximum atomic E-state index is 11.1. The molecule has 3 nitrogen and oxygen atoms in total. The summed E-state index contributed by atoms with van der Waals surface area (Å²) in [5.74, 6) is 0.549. The molecule has 1 amide bonds. The van der Waals surface area contributed by atoms with Gasteiger partial charge in [0, 0.05) is 19.5 Å². The maximum Gasteiger partial charge on any atom is 0.290 e. The van der Waals surface area contributed by atoms with Crippen molar-refractivity contribution in [1.29, 1.82) is 0 Å². The summed E-state index contributed by atoms with van der Waals surface area (Å²) in [6, 6.07) is 0. The van der Waals surface area contributed by atoms with Crippen LogP contribution in [0.2, 0.25) is 0 Å². The zero-order chi connectivity index (χ0) is 8.97. The molecule has 0 aliphatic carbocycles. The first-order chi connectivity index (χ1) is 5.75. The van der Waals surface area contributed by atoms with Crippen molar-refractivity contribution in [3.05, 3.63) is 0 Å². The normalized spacial score (nSPS) is 17.6. The van der Waals surface area contributed by atoms with Crippen LogP contribution in [0.25, 0.3) is 0 Å². The lowest BCUT2D eigenvalue weighted by Gasteiger charge is -2.12. The van der Waals surface area contributed by atoms with Crippen molar-refractivity contribution >= 4 is 23.5 Å². The van der Waals surface area contributed by atoms with E-state index in [1.165, 1.54) is 0 Å². The number of hydrogen-bond acceptors (Lipinski definition) is 3. The van der Waals surface area contributed by atoms with Crippen LogP contribution in [0.1, 0.15) is 12.8 Å². The Kier molecular flexibility index (Phi) is 3.59. The largest absolute Gasteiger partial charge is 0.336 e. The van der Waals surface area contributed by atoms with Crippen LogP contribution >= 0.6 is 11.8 Å². The summed E-state index contributed by atoms with van der Waals surface area (Å²) in [5.41, 5.74) is 0. The fourth-order valence-corrected chi connectivity index (χ4v) is 1.65. The van der Waals surface area contributed by atoms with Gasteiger partial charge in [0.2, 0.25) is 5.78 Å². The topological polar surface area (TPSA) is 37.4 Å². The molecule has 1 aliphatic rings. The predicted octanol–water partition coefficient (Wildman–Crippen LogP) is 0.541. The highest BCUT2D eigenvalue weighted by atomic mass is 32.2. The van der Waals surface area contributed by atoms with E-state index in [4.69, 9.17) is 0 Å². The van der Waals surface area contributed by atoms with Crippen LogP contribution in [0.5, 0.6) is 0 Å². The number of thioether (sulfide) groups is 1. The van der Waals surface area contributed by atoms with Crippen molar-refractivity contribution in [2.24, 2.45) is 0 Å². The second kappa shape index (κ2) is 4.50. The number of likely N-dealkylation sites (tertiary alicyclic amines) is 1. The molecule has 1 fully saturated rings. The van der Waals surface area contributed by atoms with Crippen molar-refractivity contribution in [1.82, 2.24) is 4.90 Å². The Balaban J connectivity index is 2.25. The highest BCUT2D eigenvalue weighted by Crippen LogP contribution is 2.07. The Labute approximate surface area is 76.5 Å². The second-order valence-corrected chi connectivity index (χ2v) is 3.80. The highest BCUT2D eigenvalue weighted by molar-refractivity contribution is 7.98. The molecular formula is C8H13NO2S. The average Bonchev–Trinajstić information content (AvgIpc) is 2.36. The second-order valence-electron chi connectivity index (χ2n) is 2.81. The Morgan fingerprint density at radius 2 is 2.25 bits per heavy atom. The molecule has 0 aromatic heterocycles. The molecular weight excluding hydrogens is 174 g/mol. The number of rotatable bonds is 4. The third-order valence-electron chi connectivity index (χ3n) is 1.91. The number of carbonyl (C=O) groups excluding carboxylic acids is 2. The molecule has 1 heterocycles. The summed E-state index contributed by atoms with van der Waals surface area (Å²) in [6.45, 7) is 1.37. The maximum absolute atomic E-state index is 11.1. The zero-order valence-corrected chi connectivity index (χ0v) is 8.02. The van der Waals surface area contributed by atoms with Gasteiger partial charge in [-0.3, -0.25) is 9.59 Å². The molecule has 0 spiro atoms. The molecule has 0 saturated carbocycles. The number of amides is 1. The van der Waals surface area contributed by atoms with Gasteiger partial charge in [-0.15, -0.1) is 0 Å². The lowest BCUT2D eigenvalue weighted by Crippen LogP contribution is -2.28. The number of ketones is 1. The van der Waals surface area contributed by atoms with Crippen LogP contribution in [0.15, 0.2) is 0 Å². The predicted molar refractivity (Wildman–Crippen MR) is 49.2 cm³/mol. The van der Waals surface area contributed by atoms with E-state index < -0.39 is 0 Å². The molecule has 0 radical (unpaired) electrons. The first-order valence-corrected chi connectivity index (χ1v) is 5.46. The SMILES string of the molecule is CSCCCN1CCC(=O)C1=O. The summed E-state index contributed by atoms with van der Waals surface area (Å²) < 4.78 is 0. The summed E-state index contributed by atoms with van der Waals surface area (Å²) in [4.78, 5) is 23.5. The third-order valence-corrected chi connectivity index (χ3v) is 2.61. The fourth-order valence-electron chi connectivity index (χ4n) is 1.23. The summed E-state index contributed by atoms with van der Waals surface area (Å²) in [7, 11) is 0. The zero-order valence-electron chi connectivity index (χ0n) is 7.21. The highest BCUT2D eigenvalue weighted by Gasteiger charge is 2.28. The molecule has 0 aromatic rings. The summed E-state index contributed by atoms with van der Waals surface area (Å²) >= 11 is 1.76. The van der Waals surface area contributed by atoms with E-state index in [1.807, 2.05) is 6.26 Å². The van der Waals surface area contributed by atoms with Gasteiger partial charge in [-0.1, -0.05) is 0 Å². The average molecular weight is 187 g/mol. The molecule has 1 aliphatic heterocycles. The van der Waals surface area contributed by atoms with Gasteiger partial charge in [0.25, 0.3) is 5.91 Å². The summed E-state index contributed by atoms with van der Waals surface area (Å²) in [6.07, 6.45) is 3.44. The van der Waals surface area contributed by atoms with E-state index >= 15 is 0 Å². The molecule has 1 saturated heterocycles. The van der Waals surface area contributed by atoms with Crippen molar-refractivity contribution in [2.45, 2.75) is 12.8 Å². The van der Waals surface area contributed by atoms with Crippen LogP contribution in [-0.4, -0.2) is 41.7 Å². The monoisotopic (exact) mass is 187 g/mol. The van der Waals surface area contributed by atoms with Crippen LogP contribution in [0, 0.1) is 0 Å². The van der Waals surface area contributed by atoms with Crippen molar-refractivity contribution < 1.29 is 9.59 Å². The van der Waals surface area contributed by atoms with Crippen LogP contribution in [-0.2, 0) is 9.59 Å². The van der Waals surface area contributed by atoms with E-state index in [1.54, 1.807) is 16.7 Å². The molecule has 0 unspecified atom stereocenters. The number of carbonyl (C=O) groups is 2. The smallest absolute Gasteiger partial charge is 0.290 e. The van der Waals surface area contributed by atoms with E-state index in [0.29, 0.717) is 13.0 Å². The number of hydrogen-bond donors (Lipinski definition) is 0. The number of Topliss-reactive ketones (excluding diaryl/α,β-unsaturated/α-hetero) is 1. The van der Waals surface area contributed by atoms with Gasteiger partial charge in [0.15, 0.2) is 0 Å². The van der Waals surface area contributed by atoms with E-state index in [9.17, 15) is 9.59 Å². The van der Waals surface area contributed by atoms with Gasteiger partial charge < -0.3 is 4.90 Å². The van der Waals surface area contributed by atoms with Crippen LogP contribution < -0.4 is 0 Å². The van der Waals surface area contributed by atoms with Gasteiger partial charge in [-0.05, 0) is 18.4 Å². The Bertz CT molecular complexity index is 193. The Hall–Kier alpha value is -0.510. The molecule has 0 bridgehead atoms. The van der Waals surface area contributed by atoms with Gasteiger partial charge in [-0.2, -0.15) is 11.8 Å². The van der Waals surface area contributed by atoms with Gasteiger partial charge >= 0.3 is 0 Å². The van der Waals surface area contributed by atoms with Crippen LogP contribution in [0.4, 0.5) is 0 Å². The standard InChI is InChI=1S/C8H13NO2S/c1-12-6-2-4-9-5-3-7(10)8(9)11/h2-6H2,1H3. The fraction of sp³-hybridized carbons (Fsp3) is 0.750. The lowest BCUT2D eigenvalue weighted by molar-refractivity contribution is -0.139. The molecule has 1 rings (SSSR count). The van der Waals surface area contributed by atoms with E-state index in [-0.39, 0.29) is 11.7 Å². The molecule has 68 valence electrons. The van der Waals surface area contributed by atoms with Crippen molar-refractivity contribution in [3.8, 4) is 0 Å². The molecule has 0 atom stereocenters. The third kappa shape index (κ3) is 2.24. The Morgan fingerprint density at radius 3 is 2.75 bits per heavy atom. The van der Waals surface area contributed by atoms with Gasteiger partial charge in [0.1, 0.15) is 0 Å². The molecule has 0 N–H and O–H groups in total. The quantitative estimate of drug-likeness (QED) is 0.476. The van der Waals surface area contributed by atoms with E-state index in [2.05, 4.69) is 0 Å². The van der Waals surface area contributed by atoms with Crippen molar-refractivity contribution in [2.75, 3.05) is 25.1 Å². The summed E-state index contributed by atoms with van der Waals surface area (Å²) in [5, 5.41) is 0. The molecule has 4 heteroatoms. The number of nitrogens with zero attached hydrogens (tertiary/aromatic N) is 1. The Morgan fingerprint density at radius 1 is 1.50 bits per heavy atom. The minimum absolute atomic E-state index is 0.223. The minimum atomic E-state index is -0.281. The molecule has 12 heavy (non-hydrogen) atoms. The van der Waals surface area contributed by atoms with Gasteiger partial charge in [-0.25, -0.2) is 0 Å². The minimum Gasteiger partial charge on any atom is -0.336 e. The van der Waals surface area contributed by atoms with Crippen LogP contribution in [0.3, 0.4) is 0 Å². The van der Waals surface area contributed by atoms with Crippen molar-refractivity contribution in [3.63, 3.8) is 0 Å². The lowest BCUT2D eigenvalue weighted by atomic mass is 10.3. The van der Waals surface area contributed by atoms with E-state index in [0.717, 1.165) is 18.7 Å². The first-order valence-electron chi connectivity index (χ1n) is 4.06.